The molecule has 0 saturated carbocycles. The van der Waals surface area contributed by atoms with E-state index in [0.29, 0.717) is 18.2 Å². The van der Waals surface area contributed by atoms with Crippen LogP contribution in [0.4, 0.5) is 0 Å². The third kappa shape index (κ3) is 8.94. The Morgan fingerprint density at radius 2 is 2.00 bits per heavy atom. The Labute approximate surface area is 194 Å². The average molecular weight is 445 g/mol. The second-order valence-corrected chi connectivity index (χ2v) is 8.87. The van der Waals surface area contributed by atoms with Crippen molar-refractivity contribution in [3.05, 3.63) is 47.6 Å². The molecular weight excluding hydrogens is 404 g/mol. The van der Waals surface area contributed by atoms with Crippen LogP contribution in [0.15, 0.2) is 42.0 Å². The van der Waals surface area contributed by atoms with Crippen LogP contribution < -0.4 is 10.1 Å². The summed E-state index contributed by atoms with van der Waals surface area (Å²) in [6.45, 7) is 7.03. The summed E-state index contributed by atoms with van der Waals surface area (Å²) in [4.78, 5) is 2.25. The summed E-state index contributed by atoms with van der Waals surface area (Å²) in [5.74, 6) is 1.28. The summed E-state index contributed by atoms with van der Waals surface area (Å²) in [6, 6.07) is 5.53. The van der Waals surface area contributed by atoms with Crippen LogP contribution in [-0.4, -0.2) is 35.3 Å². The molecule has 1 aromatic carbocycles. The molecule has 172 valence electrons. The largest absolute Gasteiger partial charge is 0.504 e. The number of unbranched alkanes of at least 4 members (excludes halogenated alkanes) is 5. The summed E-state index contributed by atoms with van der Waals surface area (Å²) in [7, 11) is 1.58. The van der Waals surface area contributed by atoms with Gasteiger partial charge < -0.3 is 20.1 Å². The van der Waals surface area contributed by atoms with Crippen molar-refractivity contribution in [1.82, 2.24) is 10.2 Å². The van der Waals surface area contributed by atoms with E-state index in [9.17, 15) is 5.11 Å². The molecule has 0 amide bonds. The quantitative estimate of drug-likeness (QED) is 0.274. The van der Waals surface area contributed by atoms with Gasteiger partial charge >= 0.3 is 0 Å². The summed E-state index contributed by atoms with van der Waals surface area (Å²) >= 11 is 5.78. The lowest BCUT2D eigenvalue weighted by Gasteiger charge is -2.27. The van der Waals surface area contributed by atoms with Crippen molar-refractivity contribution in [1.29, 1.82) is 0 Å². The van der Waals surface area contributed by atoms with Gasteiger partial charge in [-0.05, 0) is 55.1 Å². The van der Waals surface area contributed by atoms with Gasteiger partial charge in [0.15, 0.2) is 16.6 Å². The smallest absolute Gasteiger partial charge is 0.169 e. The van der Waals surface area contributed by atoms with Gasteiger partial charge in [-0.3, -0.25) is 0 Å². The Kier molecular flexibility index (Phi) is 11.5. The molecule has 0 aliphatic heterocycles. The molecule has 0 saturated heterocycles. The molecule has 1 aliphatic carbocycles. The van der Waals surface area contributed by atoms with Crippen LogP contribution in [0, 0.1) is 5.92 Å². The van der Waals surface area contributed by atoms with Crippen molar-refractivity contribution in [3.63, 3.8) is 0 Å². The number of hydrogen-bond acceptors (Lipinski definition) is 3. The van der Waals surface area contributed by atoms with E-state index in [2.05, 4.69) is 42.3 Å². The predicted molar refractivity (Wildman–Crippen MR) is 135 cm³/mol. The lowest BCUT2D eigenvalue weighted by atomic mass is 9.91. The van der Waals surface area contributed by atoms with Gasteiger partial charge in [0.05, 0.1) is 7.11 Å². The molecule has 1 atom stereocenters. The first-order chi connectivity index (χ1) is 15.0. The van der Waals surface area contributed by atoms with Gasteiger partial charge in [0.25, 0.3) is 0 Å². The highest BCUT2D eigenvalue weighted by molar-refractivity contribution is 7.80. The molecule has 4 nitrogen and oxygen atoms in total. The molecule has 0 heterocycles. The average Bonchev–Trinajstić information content (AvgIpc) is 2.77. The van der Waals surface area contributed by atoms with Gasteiger partial charge in [-0.25, -0.2) is 0 Å². The normalized spacial score (nSPS) is 15.5. The van der Waals surface area contributed by atoms with Gasteiger partial charge in [-0.1, -0.05) is 75.8 Å². The van der Waals surface area contributed by atoms with E-state index in [1.807, 2.05) is 12.1 Å². The van der Waals surface area contributed by atoms with Crippen molar-refractivity contribution in [3.8, 4) is 11.5 Å². The zero-order valence-corrected chi connectivity index (χ0v) is 20.3. The lowest BCUT2D eigenvalue weighted by Crippen LogP contribution is -2.40. The summed E-state index contributed by atoms with van der Waals surface area (Å²) in [5, 5.41) is 14.2. The first kappa shape index (κ1) is 25.3. The number of hydrogen-bond donors (Lipinski definition) is 2. The number of thiocarbonyl (C=S) groups is 1. The maximum absolute atomic E-state index is 9.90. The summed E-state index contributed by atoms with van der Waals surface area (Å²) in [6.07, 6.45) is 16.3. The highest BCUT2D eigenvalue weighted by atomic mass is 32.1. The minimum absolute atomic E-state index is 0.165. The first-order valence-corrected chi connectivity index (χ1v) is 12.2. The summed E-state index contributed by atoms with van der Waals surface area (Å²) < 4.78 is 5.28. The number of aromatic hydroxyl groups is 1. The van der Waals surface area contributed by atoms with Crippen molar-refractivity contribution < 1.29 is 9.84 Å². The van der Waals surface area contributed by atoms with Crippen LogP contribution in [0.25, 0.3) is 0 Å². The third-order valence-corrected chi connectivity index (χ3v) is 6.35. The summed E-state index contributed by atoms with van der Waals surface area (Å²) in [5.41, 5.74) is 2.57. The Hall–Kier alpha value is -2.01. The molecule has 1 aromatic rings. The van der Waals surface area contributed by atoms with Gasteiger partial charge in [0.1, 0.15) is 0 Å². The number of phenolic OH excluding ortho intramolecular Hbond substituents is 1. The Balaban J connectivity index is 1.92. The predicted octanol–water partition coefficient (Wildman–Crippen LogP) is 6.35. The number of benzene rings is 1. The van der Waals surface area contributed by atoms with Crippen LogP contribution in [-0.2, 0) is 6.54 Å². The highest BCUT2D eigenvalue weighted by Crippen LogP contribution is 2.27. The van der Waals surface area contributed by atoms with E-state index < -0.39 is 0 Å². The van der Waals surface area contributed by atoms with Crippen LogP contribution in [0.3, 0.4) is 0 Å². The van der Waals surface area contributed by atoms with Crippen LogP contribution in [0.2, 0.25) is 0 Å². The highest BCUT2D eigenvalue weighted by Gasteiger charge is 2.14. The molecule has 31 heavy (non-hydrogen) atoms. The molecule has 1 unspecified atom stereocenters. The van der Waals surface area contributed by atoms with E-state index in [1.165, 1.54) is 37.7 Å². The molecule has 0 fully saturated rings. The fraction of sp³-hybridized carbons (Fsp3) is 0.577. The number of nitrogens with one attached hydrogen (secondary N) is 1. The molecule has 2 rings (SSSR count). The minimum Gasteiger partial charge on any atom is -0.504 e. The van der Waals surface area contributed by atoms with E-state index >= 15 is 0 Å². The molecule has 0 aromatic heterocycles. The number of ether oxygens (including phenoxy) is 1. The van der Waals surface area contributed by atoms with Crippen LogP contribution in [0.1, 0.15) is 70.8 Å². The second-order valence-electron chi connectivity index (χ2n) is 8.48. The Morgan fingerprint density at radius 1 is 1.23 bits per heavy atom. The molecule has 0 radical (unpaired) electrons. The van der Waals surface area contributed by atoms with Gasteiger partial charge in [0, 0.05) is 19.6 Å². The first-order valence-electron chi connectivity index (χ1n) is 11.8. The number of methoxy groups -OCH3 is 1. The minimum atomic E-state index is 0.165. The topological polar surface area (TPSA) is 44.7 Å². The van der Waals surface area contributed by atoms with Gasteiger partial charge in [-0.2, -0.15) is 0 Å². The number of nitrogens with zero attached hydrogens (tertiary/aromatic N) is 1. The Bertz CT molecular complexity index is 745. The van der Waals surface area contributed by atoms with Crippen molar-refractivity contribution in [2.75, 3.05) is 20.2 Å². The van der Waals surface area contributed by atoms with E-state index in [1.54, 1.807) is 13.2 Å². The van der Waals surface area contributed by atoms with Crippen molar-refractivity contribution >= 4 is 17.3 Å². The zero-order chi connectivity index (χ0) is 22.5. The fourth-order valence-corrected chi connectivity index (χ4v) is 4.18. The maximum Gasteiger partial charge on any atom is 0.169 e. The monoisotopic (exact) mass is 444 g/mol. The maximum atomic E-state index is 9.90. The van der Waals surface area contributed by atoms with E-state index in [0.717, 1.165) is 43.0 Å². The molecule has 1 aliphatic rings. The van der Waals surface area contributed by atoms with Gasteiger partial charge in [-0.15, -0.1) is 0 Å². The SMILES string of the molecule is CCCCCCCCN(Cc1ccc(O)c(OC)c1)C(=S)NCCC1=CC=CCC1C. The van der Waals surface area contributed by atoms with Crippen molar-refractivity contribution in [2.45, 2.75) is 71.8 Å². The van der Waals surface area contributed by atoms with Crippen molar-refractivity contribution in [2.24, 2.45) is 5.92 Å². The van der Waals surface area contributed by atoms with Crippen LogP contribution in [0.5, 0.6) is 11.5 Å². The zero-order valence-electron chi connectivity index (χ0n) is 19.5. The number of rotatable bonds is 13. The number of allylic oxidation sites excluding steroid dienone is 3. The standard InChI is InChI=1S/C26H40N2O2S/c1-4-5-6-7-8-11-18-28(20-22-14-15-24(29)25(19-22)30-3)26(31)27-17-16-23-13-10-9-12-21(23)2/h9-10,13-15,19,21,29H,4-8,11-12,16-18,20H2,1-3H3,(H,27,31). The van der Waals surface area contributed by atoms with Crippen LogP contribution >= 0.6 is 12.2 Å². The molecular formula is C26H40N2O2S. The molecule has 0 bridgehead atoms. The molecule has 5 heteroatoms. The second kappa shape index (κ2) is 14.1. The number of phenols is 1. The fourth-order valence-electron chi connectivity index (χ4n) is 3.92. The van der Waals surface area contributed by atoms with E-state index in [-0.39, 0.29) is 5.75 Å². The molecule has 2 N–H and O–H groups in total. The molecule has 0 spiro atoms. The van der Waals surface area contributed by atoms with E-state index in [4.69, 9.17) is 17.0 Å². The Morgan fingerprint density at radius 3 is 2.74 bits per heavy atom. The van der Waals surface area contributed by atoms with Gasteiger partial charge in [0.2, 0.25) is 0 Å². The lowest BCUT2D eigenvalue weighted by molar-refractivity contribution is 0.367. The third-order valence-electron chi connectivity index (χ3n) is 5.95.